The summed E-state index contributed by atoms with van der Waals surface area (Å²) in [6.07, 6.45) is 0.200. The average molecular weight is 266 g/mol. The second-order valence-electron chi connectivity index (χ2n) is 3.66. The SMILES string of the molecule is CC(C)Oc1ccc2nc(Br)ccc2c1. The number of halogens is 1. The molecule has 15 heavy (non-hydrogen) atoms. The van der Waals surface area contributed by atoms with Gasteiger partial charge >= 0.3 is 0 Å². The molecule has 0 saturated heterocycles. The van der Waals surface area contributed by atoms with Crippen LogP contribution < -0.4 is 4.74 Å². The van der Waals surface area contributed by atoms with E-state index in [1.807, 2.05) is 44.2 Å². The zero-order valence-corrected chi connectivity index (χ0v) is 10.3. The van der Waals surface area contributed by atoms with Crippen LogP contribution in [0.4, 0.5) is 0 Å². The van der Waals surface area contributed by atoms with Crippen LogP contribution in [0, 0.1) is 0 Å². The molecule has 0 saturated carbocycles. The average Bonchev–Trinajstić information content (AvgIpc) is 2.17. The molecule has 0 aliphatic heterocycles. The van der Waals surface area contributed by atoms with E-state index in [1.54, 1.807) is 0 Å². The fourth-order valence-electron chi connectivity index (χ4n) is 1.42. The molecule has 1 aromatic carbocycles. The maximum absolute atomic E-state index is 5.61. The van der Waals surface area contributed by atoms with Gasteiger partial charge in [-0.1, -0.05) is 0 Å². The molecule has 1 heterocycles. The molecule has 0 aliphatic rings. The maximum Gasteiger partial charge on any atom is 0.120 e. The van der Waals surface area contributed by atoms with Gasteiger partial charge in [0.2, 0.25) is 0 Å². The number of pyridine rings is 1. The van der Waals surface area contributed by atoms with Crippen molar-refractivity contribution >= 4 is 26.8 Å². The molecule has 2 rings (SSSR count). The molecular weight excluding hydrogens is 254 g/mol. The third-order valence-electron chi connectivity index (χ3n) is 2.00. The number of aromatic nitrogens is 1. The molecule has 0 radical (unpaired) electrons. The zero-order chi connectivity index (χ0) is 10.8. The summed E-state index contributed by atoms with van der Waals surface area (Å²) in [5.74, 6) is 0.890. The van der Waals surface area contributed by atoms with Crippen LogP contribution in [0.2, 0.25) is 0 Å². The van der Waals surface area contributed by atoms with Crippen molar-refractivity contribution in [3.8, 4) is 5.75 Å². The van der Waals surface area contributed by atoms with Gasteiger partial charge in [0.15, 0.2) is 0 Å². The van der Waals surface area contributed by atoms with Crippen LogP contribution in [0.3, 0.4) is 0 Å². The molecule has 0 unspecified atom stereocenters. The summed E-state index contributed by atoms with van der Waals surface area (Å²) in [6.45, 7) is 4.04. The lowest BCUT2D eigenvalue weighted by Crippen LogP contribution is -2.05. The fraction of sp³-hybridized carbons (Fsp3) is 0.250. The van der Waals surface area contributed by atoms with Gasteiger partial charge in [-0.05, 0) is 60.1 Å². The second kappa shape index (κ2) is 4.19. The maximum atomic E-state index is 5.61. The van der Waals surface area contributed by atoms with E-state index in [4.69, 9.17) is 4.74 Å². The summed E-state index contributed by atoms with van der Waals surface area (Å²) in [5, 5.41) is 1.09. The molecule has 0 bridgehead atoms. The number of rotatable bonds is 2. The third kappa shape index (κ3) is 2.48. The standard InChI is InChI=1S/C12H12BrNO/c1-8(2)15-10-4-5-11-9(7-10)3-6-12(13)14-11/h3-8H,1-2H3. The molecule has 3 heteroatoms. The summed E-state index contributed by atoms with van der Waals surface area (Å²) in [5.41, 5.74) is 0.973. The van der Waals surface area contributed by atoms with Crippen molar-refractivity contribution < 1.29 is 4.74 Å². The van der Waals surface area contributed by atoms with Crippen LogP contribution in [0.5, 0.6) is 5.75 Å². The smallest absolute Gasteiger partial charge is 0.120 e. The molecule has 2 nitrogen and oxygen atoms in total. The summed E-state index contributed by atoms with van der Waals surface area (Å²) in [7, 11) is 0. The molecule has 0 spiro atoms. The number of fused-ring (bicyclic) bond motifs is 1. The Morgan fingerprint density at radius 2 is 2.00 bits per heavy atom. The van der Waals surface area contributed by atoms with Crippen LogP contribution in [0.15, 0.2) is 34.9 Å². The van der Waals surface area contributed by atoms with Gasteiger partial charge < -0.3 is 4.74 Å². The van der Waals surface area contributed by atoms with Gasteiger partial charge in [-0.2, -0.15) is 0 Å². The Morgan fingerprint density at radius 3 is 2.73 bits per heavy atom. The van der Waals surface area contributed by atoms with Crippen molar-refractivity contribution in [1.29, 1.82) is 0 Å². The first-order chi connectivity index (χ1) is 7.15. The number of benzene rings is 1. The Hall–Kier alpha value is -1.09. The monoisotopic (exact) mass is 265 g/mol. The number of hydrogen-bond acceptors (Lipinski definition) is 2. The van der Waals surface area contributed by atoms with Crippen molar-refractivity contribution in [2.75, 3.05) is 0 Å². The van der Waals surface area contributed by atoms with Crippen molar-refractivity contribution in [1.82, 2.24) is 4.98 Å². The highest BCUT2D eigenvalue weighted by Gasteiger charge is 2.00. The summed E-state index contributed by atoms with van der Waals surface area (Å²) < 4.78 is 6.47. The topological polar surface area (TPSA) is 22.1 Å². The summed E-state index contributed by atoms with van der Waals surface area (Å²) in [4.78, 5) is 4.36. The molecule has 0 N–H and O–H groups in total. The van der Waals surface area contributed by atoms with Crippen LogP contribution >= 0.6 is 15.9 Å². The Bertz CT molecular complexity index is 482. The van der Waals surface area contributed by atoms with Gasteiger partial charge in [0.25, 0.3) is 0 Å². The molecule has 0 aliphatic carbocycles. The highest BCUT2D eigenvalue weighted by Crippen LogP contribution is 2.22. The zero-order valence-electron chi connectivity index (χ0n) is 8.70. The predicted octanol–water partition coefficient (Wildman–Crippen LogP) is 3.78. The first-order valence-electron chi connectivity index (χ1n) is 4.88. The van der Waals surface area contributed by atoms with Crippen LogP contribution in [0.25, 0.3) is 10.9 Å². The highest BCUT2D eigenvalue weighted by molar-refractivity contribution is 9.10. The molecular formula is C12H12BrNO. The predicted molar refractivity (Wildman–Crippen MR) is 65.2 cm³/mol. The molecule has 1 aromatic heterocycles. The lowest BCUT2D eigenvalue weighted by atomic mass is 10.2. The van der Waals surface area contributed by atoms with E-state index in [2.05, 4.69) is 20.9 Å². The van der Waals surface area contributed by atoms with E-state index in [9.17, 15) is 0 Å². The van der Waals surface area contributed by atoms with E-state index in [0.29, 0.717) is 0 Å². The van der Waals surface area contributed by atoms with E-state index in [0.717, 1.165) is 21.3 Å². The number of hydrogen-bond donors (Lipinski definition) is 0. The Morgan fingerprint density at radius 1 is 1.20 bits per heavy atom. The van der Waals surface area contributed by atoms with E-state index in [-0.39, 0.29) is 6.10 Å². The van der Waals surface area contributed by atoms with E-state index in [1.165, 1.54) is 0 Å². The normalized spacial score (nSPS) is 10.9. The van der Waals surface area contributed by atoms with E-state index < -0.39 is 0 Å². The minimum absolute atomic E-state index is 0.200. The van der Waals surface area contributed by atoms with Gasteiger partial charge in [0.1, 0.15) is 10.4 Å². The largest absolute Gasteiger partial charge is 0.491 e. The van der Waals surface area contributed by atoms with Gasteiger partial charge in [-0.3, -0.25) is 0 Å². The molecule has 0 atom stereocenters. The van der Waals surface area contributed by atoms with Gasteiger partial charge in [0, 0.05) is 5.39 Å². The first kappa shape index (κ1) is 10.4. The van der Waals surface area contributed by atoms with Gasteiger partial charge in [-0.15, -0.1) is 0 Å². The van der Waals surface area contributed by atoms with Crippen LogP contribution in [-0.2, 0) is 0 Å². The van der Waals surface area contributed by atoms with Crippen molar-refractivity contribution in [3.05, 3.63) is 34.9 Å². The van der Waals surface area contributed by atoms with Crippen molar-refractivity contribution in [2.24, 2.45) is 0 Å². The van der Waals surface area contributed by atoms with Gasteiger partial charge in [-0.25, -0.2) is 4.98 Å². The lowest BCUT2D eigenvalue weighted by molar-refractivity contribution is 0.243. The lowest BCUT2D eigenvalue weighted by Gasteiger charge is -2.09. The first-order valence-corrected chi connectivity index (χ1v) is 5.67. The Labute approximate surface area is 97.4 Å². The van der Waals surface area contributed by atoms with Gasteiger partial charge in [0.05, 0.1) is 11.6 Å². The fourth-order valence-corrected chi connectivity index (χ4v) is 1.75. The van der Waals surface area contributed by atoms with Crippen LogP contribution in [0.1, 0.15) is 13.8 Å². The number of nitrogens with zero attached hydrogens (tertiary/aromatic N) is 1. The summed E-state index contributed by atoms with van der Waals surface area (Å²) >= 11 is 3.35. The highest BCUT2D eigenvalue weighted by atomic mass is 79.9. The minimum atomic E-state index is 0.200. The summed E-state index contributed by atoms with van der Waals surface area (Å²) in [6, 6.07) is 9.88. The molecule has 2 aromatic rings. The second-order valence-corrected chi connectivity index (χ2v) is 4.47. The van der Waals surface area contributed by atoms with E-state index >= 15 is 0 Å². The minimum Gasteiger partial charge on any atom is -0.491 e. The Balaban J connectivity index is 2.43. The van der Waals surface area contributed by atoms with Crippen molar-refractivity contribution in [3.63, 3.8) is 0 Å². The quantitative estimate of drug-likeness (QED) is 0.771. The number of ether oxygens (including phenoxy) is 1. The van der Waals surface area contributed by atoms with Crippen molar-refractivity contribution in [2.45, 2.75) is 20.0 Å². The molecule has 0 amide bonds. The third-order valence-corrected chi connectivity index (χ3v) is 2.44. The van der Waals surface area contributed by atoms with Crippen LogP contribution in [-0.4, -0.2) is 11.1 Å². The molecule has 0 fully saturated rings. The molecule has 78 valence electrons. The Kier molecular flexibility index (Phi) is 2.91.